The van der Waals surface area contributed by atoms with Gasteiger partial charge >= 0.3 is 5.97 Å². The number of nitrogens with one attached hydrogen (secondary N) is 1. The van der Waals surface area contributed by atoms with E-state index in [9.17, 15) is 14.4 Å². The number of carbonyl (C=O) groups is 3. The molecule has 0 atom stereocenters. The molecule has 0 spiro atoms. The fraction of sp³-hybridized carbons (Fsp3) is 0.263. The number of hydrogen-bond donors (Lipinski definition) is 2. The van der Waals surface area contributed by atoms with Crippen LogP contribution in [0.15, 0.2) is 47.4 Å². The van der Waals surface area contributed by atoms with Crippen LogP contribution in [-0.2, 0) is 14.4 Å². The Morgan fingerprint density at radius 2 is 1.96 bits per heavy atom. The Kier molecular flexibility index (Phi) is 8.22. The number of thiocarbonyl (C=S) groups is 1. The molecule has 1 aliphatic rings. The predicted molar refractivity (Wildman–Crippen MR) is 110 cm³/mol. The first-order valence-corrected chi connectivity index (χ1v) is 9.65. The molecule has 6 nitrogen and oxygen atoms in total. The molecule has 1 saturated heterocycles. The van der Waals surface area contributed by atoms with Crippen LogP contribution in [0, 0.1) is 0 Å². The molecule has 2 amide bonds. The second-order valence-electron chi connectivity index (χ2n) is 5.72. The van der Waals surface area contributed by atoms with Crippen molar-refractivity contribution < 1.29 is 19.5 Å². The van der Waals surface area contributed by atoms with Gasteiger partial charge in [0, 0.05) is 19.5 Å². The molecule has 8 heteroatoms. The third-order valence-electron chi connectivity index (χ3n) is 3.66. The number of thioether (sulfide) groups is 1. The van der Waals surface area contributed by atoms with Crippen LogP contribution in [0.3, 0.4) is 0 Å². The monoisotopic (exact) mass is 404 g/mol. The Labute approximate surface area is 167 Å². The molecule has 0 bridgehead atoms. The molecular formula is C19H20N2O4S2. The standard InChI is InChI=1S/C19H20N2O4S2/c22-16(20-12-11-17(23)24)10-5-13-21-18(25)15(27-19(21)26)9-4-8-14-6-2-1-3-7-14/h1-4,6-9H,5,10-13H2,(H,20,22)(H,23,24)/b8-4+,15-9-. The third-order valence-corrected chi connectivity index (χ3v) is 5.05. The van der Waals surface area contributed by atoms with Gasteiger partial charge in [0.25, 0.3) is 5.91 Å². The third kappa shape index (κ3) is 6.99. The van der Waals surface area contributed by atoms with Gasteiger partial charge in [0.2, 0.25) is 5.91 Å². The predicted octanol–water partition coefficient (Wildman–Crippen LogP) is 2.82. The molecule has 2 rings (SSSR count). The average molecular weight is 405 g/mol. The van der Waals surface area contributed by atoms with Gasteiger partial charge in [0.1, 0.15) is 4.32 Å². The Hall–Kier alpha value is -2.45. The smallest absolute Gasteiger partial charge is 0.305 e. The molecule has 0 unspecified atom stereocenters. The molecule has 0 saturated carbocycles. The molecule has 0 aromatic heterocycles. The number of aliphatic carboxylic acids is 1. The molecule has 0 aliphatic carbocycles. The average Bonchev–Trinajstić information content (AvgIpc) is 2.90. The van der Waals surface area contributed by atoms with Gasteiger partial charge < -0.3 is 10.4 Å². The van der Waals surface area contributed by atoms with Crippen molar-refractivity contribution in [2.24, 2.45) is 0 Å². The lowest BCUT2D eigenvalue weighted by atomic mass is 10.2. The fourth-order valence-corrected chi connectivity index (χ4v) is 3.57. The summed E-state index contributed by atoms with van der Waals surface area (Å²) in [6.07, 6.45) is 6.03. The number of amides is 2. The molecule has 1 aromatic carbocycles. The van der Waals surface area contributed by atoms with Crippen molar-refractivity contribution in [3.05, 3.63) is 53.0 Å². The van der Waals surface area contributed by atoms with Crippen molar-refractivity contribution in [1.82, 2.24) is 10.2 Å². The summed E-state index contributed by atoms with van der Waals surface area (Å²) in [4.78, 5) is 36.5. The summed E-state index contributed by atoms with van der Waals surface area (Å²) in [7, 11) is 0. The Bertz CT molecular complexity index is 775. The highest BCUT2D eigenvalue weighted by Crippen LogP contribution is 2.31. The van der Waals surface area contributed by atoms with Gasteiger partial charge in [0.15, 0.2) is 0 Å². The number of carboxylic acids is 1. The number of carboxylic acid groups (broad SMARTS) is 1. The highest BCUT2D eigenvalue weighted by molar-refractivity contribution is 8.26. The van der Waals surface area contributed by atoms with E-state index < -0.39 is 5.97 Å². The van der Waals surface area contributed by atoms with Gasteiger partial charge in [-0.2, -0.15) is 0 Å². The number of carbonyl (C=O) groups excluding carboxylic acids is 2. The zero-order valence-electron chi connectivity index (χ0n) is 14.6. The summed E-state index contributed by atoms with van der Waals surface area (Å²) >= 11 is 6.50. The molecular weight excluding hydrogens is 384 g/mol. The Morgan fingerprint density at radius 3 is 2.67 bits per heavy atom. The summed E-state index contributed by atoms with van der Waals surface area (Å²) in [6, 6.07) is 9.76. The Morgan fingerprint density at radius 1 is 1.22 bits per heavy atom. The molecule has 1 heterocycles. The van der Waals surface area contributed by atoms with Gasteiger partial charge in [0.05, 0.1) is 11.3 Å². The maximum Gasteiger partial charge on any atom is 0.305 e. The van der Waals surface area contributed by atoms with E-state index in [0.717, 1.165) is 5.56 Å². The van der Waals surface area contributed by atoms with Crippen LogP contribution in [0.2, 0.25) is 0 Å². The van der Waals surface area contributed by atoms with Crippen molar-refractivity contribution in [2.75, 3.05) is 13.1 Å². The zero-order chi connectivity index (χ0) is 19.6. The van der Waals surface area contributed by atoms with Gasteiger partial charge in [-0.15, -0.1) is 0 Å². The van der Waals surface area contributed by atoms with E-state index in [2.05, 4.69) is 5.32 Å². The first-order chi connectivity index (χ1) is 13.0. The lowest BCUT2D eigenvalue weighted by Crippen LogP contribution is -2.31. The molecule has 142 valence electrons. The minimum absolute atomic E-state index is 0.103. The molecule has 0 radical (unpaired) electrons. The summed E-state index contributed by atoms with van der Waals surface area (Å²) in [5.74, 6) is -1.35. The van der Waals surface area contributed by atoms with Crippen molar-refractivity contribution in [1.29, 1.82) is 0 Å². The fourth-order valence-electron chi connectivity index (χ4n) is 2.31. The molecule has 1 fully saturated rings. The topological polar surface area (TPSA) is 86.7 Å². The highest BCUT2D eigenvalue weighted by atomic mass is 32.2. The van der Waals surface area contributed by atoms with Gasteiger partial charge in [-0.3, -0.25) is 19.3 Å². The van der Waals surface area contributed by atoms with Crippen molar-refractivity contribution in [3.63, 3.8) is 0 Å². The van der Waals surface area contributed by atoms with E-state index in [1.165, 1.54) is 16.7 Å². The molecule has 2 N–H and O–H groups in total. The quantitative estimate of drug-likeness (QED) is 0.486. The van der Waals surface area contributed by atoms with Crippen LogP contribution in [0.1, 0.15) is 24.8 Å². The van der Waals surface area contributed by atoms with E-state index in [1.807, 2.05) is 42.5 Å². The largest absolute Gasteiger partial charge is 0.481 e. The maximum absolute atomic E-state index is 12.4. The van der Waals surface area contributed by atoms with Crippen LogP contribution in [0.4, 0.5) is 0 Å². The van der Waals surface area contributed by atoms with E-state index in [1.54, 1.807) is 6.08 Å². The second-order valence-corrected chi connectivity index (χ2v) is 7.40. The first-order valence-electron chi connectivity index (χ1n) is 8.43. The molecule has 1 aromatic rings. The lowest BCUT2D eigenvalue weighted by molar-refractivity contribution is -0.137. The SMILES string of the molecule is O=C(O)CCNC(=O)CCCN1C(=O)/C(=C/C=C/c2ccccc2)SC1=S. The summed E-state index contributed by atoms with van der Waals surface area (Å²) < 4.78 is 0.477. The zero-order valence-corrected chi connectivity index (χ0v) is 16.2. The number of benzene rings is 1. The number of allylic oxidation sites excluding steroid dienone is 2. The van der Waals surface area contributed by atoms with Crippen LogP contribution in [0.25, 0.3) is 6.08 Å². The van der Waals surface area contributed by atoms with E-state index in [0.29, 0.717) is 22.2 Å². The highest BCUT2D eigenvalue weighted by Gasteiger charge is 2.31. The van der Waals surface area contributed by atoms with E-state index in [-0.39, 0.29) is 31.2 Å². The van der Waals surface area contributed by atoms with E-state index in [4.69, 9.17) is 17.3 Å². The van der Waals surface area contributed by atoms with Crippen LogP contribution < -0.4 is 5.32 Å². The summed E-state index contributed by atoms with van der Waals surface area (Å²) in [6.45, 7) is 0.461. The maximum atomic E-state index is 12.4. The molecule has 1 aliphatic heterocycles. The lowest BCUT2D eigenvalue weighted by Gasteiger charge is -2.13. The van der Waals surface area contributed by atoms with Crippen molar-refractivity contribution in [2.45, 2.75) is 19.3 Å². The van der Waals surface area contributed by atoms with Gasteiger partial charge in [-0.25, -0.2) is 0 Å². The Balaban J connectivity index is 1.80. The summed E-state index contributed by atoms with van der Waals surface area (Å²) in [5, 5.41) is 11.1. The summed E-state index contributed by atoms with van der Waals surface area (Å²) in [5.41, 5.74) is 1.04. The van der Waals surface area contributed by atoms with Crippen molar-refractivity contribution >= 4 is 52.2 Å². The van der Waals surface area contributed by atoms with Crippen LogP contribution >= 0.6 is 24.0 Å². The molecule has 27 heavy (non-hydrogen) atoms. The van der Waals surface area contributed by atoms with Crippen molar-refractivity contribution in [3.8, 4) is 0 Å². The first kappa shape index (κ1) is 20.9. The second kappa shape index (κ2) is 10.6. The minimum Gasteiger partial charge on any atom is -0.481 e. The number of rotatable bonds is 9. The van der Waals surface area contributed by atoms with E-state index >= 15 is 0 Å². The number of nitrogens with zero attached hydrogens (tertiary/aromatic N) is 1. The number of hydrogen-bond acceptors (Lipinski definition) is 5. The van der Waals surface area contributed by atoms with Crippen LogP contribution in [0.5, 0.6) is 0 Å². The van der Waals surface area contributed by atoms with Crippen LogP contribution in [-0.4, -0.2) is 45.2 Å². The normalized spacial score (nSPS) is 15.7. The van der Waals surface area contributed by atoms with Gasteiger partial charge in [-0.05, 0) is 18.1 Å². The minimum atomic E-state index is -0.957. The van der Waals surface area contributed by atoms with Gasteiger partial charge in [-0.1, -0.05) is 66.5 Å².